The summed E-state index contributed by atoms with van der Waals surface area (Å²) in [5.41, 5.74) is 1.31. The van der Waals surface area contributed by atoms with Crippen molar-refractivity contribution in [3.63, 3.8) is 0 Å². The number of aliphatic hydroxyl groups excluding tert-OH is 1. The van der Waals surface area contributed by atoms with E-state index in [0.717, 1.165) is 0 Å². The number of nitrogens with one attached hydrogen (secondary N) is 1. The Morgan fingerprint density at radius 1 is 1.20 bits per heavy atom. The number of hydrogen-bond acceptors (Lipinski definition) is 3. The maximum absolute atomic E-state index is 13.4. The fourth-order valence-corrected chi connectivity index (χ4v) is 2.03. The second-order valence-corrected chi connectivity index (χ2v) is 4.83. The smallest absolute Gasteiger partial charge is 0.142 e. The van der Waals surface area contributed by atoms with Gasteiger partial charge < -0.3 is 15.5 Å². The van der Waals surface area contributed by atoms with Crippen LogP contribution in [-0.2, 0) is 6.54 Å². The van der Waals surface area contributed by atoms with Crippen LogP contribution in [0.25, 0.3) is 0 Å². The molecular weight excluding hydrogens is 281 g/mol. The highest BCUT2D eigenvalue weighted by Crippen LogP contribution is 2.21. The van der Waals surface area contributed by atoms with Gasteiger partial charge in [-0.1, -0.05) is 35.9 Å². The molecule has 0 aromatic heterocycles. The second-order valence-electron chi connectivity index (χ2n) is 4.42. The van der Waals surface area contributed by atoms with E-state index in [1.807, 2.05) is 6.07 Å². The Morgan fingerprint density at radius 3 is 2.60 bits per heavy atom. The number of aromatic hydroxyl groups is 1. The molecule has 1 unspecified atom stereocenters. The van der Waals surface area contributed by atoms with Crippen molar-refractivity contribution in [2.75, 3.05) is 6.61 Å². The van der Waals surface area contributed by atoms with Crippen LogP contribution in [0.1, 0.15) is 17.2 Å². The topological polar surface area (TPSA) is 52.5 Å². The minimum Gasteiger partial charge on any atom is -0.508 e. The number of rotatable bonds is 5. The predicted molar refractivity (Wildman–Crippen MR) is 76.2 cm³/mol. The van der Waals surface area contributed by atoms with Crippen molar-refractivity contribution in [2.24, 2.45) is 0 Å². The van der Waals surface area contributed by atoms with Gasteiger partial charge in [-0.3, -0.25) is 0 Å². The molecule has 20 heavy (non-hydrogen) atoms. The van der Waals surface area contributed by atoms with Crippen LogP contribution in [0.15, 0.2) is 42.5 Å². The summed E-state index contributed by atoms with van der Waals surface area (Å²) in [6, 6.07) is 10.9. The molecule has 3 nitrogen and oxygen atoms in total. The largest absolute Gasteiger partial charge is 0.508 e. The summed E-state index contributed by atoms with van der Waals surface area (Å²) in [5, 5.41) is 22.2. The molecule has 0 saturated carbocycles. The third-order valence-electron chi connectivity index (χ3n) is 3.06. The minimum absolute atomic E-state index is 0.0474. The maximum atomic E-state index is 13.4. The van der Waals surface area contributed by atoms with Gasteiger partial charge in [-0.15, -0.1) is 0 Å². The van der Waals surface area contributed by atoms with Crippen molar-refractivity contribution >= 4 is 11.6 Å². The highest BCUT2D eigenvalue weighted by Gasteiger charge is 2.12. The van der Waals surface area contributed by atoms with E-state index >= 15 is 0 Å². The first-order chi connectivity index (χ1) is 9.61. The summed E-state index contributed by atoms with van der Waals surface area (Å²) in [6.07, 6.45) is 0. The van der Waals surface area contributed by atoms with Gasteiger partial charge in [0.1, 0.15) is 11.6 Å². The zero-order valence-electron chi connectivity index (χ0n) is 10.7. The van der Waals surface area contributed by atoms with E-state index in [1.54, 1.807) is 24.3 Å². The average molecular weight is 296 g/mol. The van der Waals surface area contributed by atoms with Crippen LogP contribution in [-0.4, -0.2) is 16.8 Å². The molecule has 2 aromatic carbocycles. The van der Waals surface area contributed by atoms with E-state index in [2.05, 4.69) is 5.32 Å². The van der Waals surface area contributed by atoms with E-state index in [9.17, 15) is 14.6 Å². The summed E-state index contributed by atoms with van der Waals surface area (Å²) in [5.74, 6) is -0.342. The summed E-state index contributed by atoms with van der Waals surface area (Å²) in [7, 11) is 0. The summed E-state index contributed by atoms with van der Waals surface area (Å²) in [6.45, 7) is 0.177. The molecule has 0 bridgehead atoms. The van der Waals surface area contributed by atoms with Gasteiger partial charge in [0.25, 0.3) is 0 Å². The van der Waals surface area contributed by atoms with Crippen LogP contribution in [0.2, 0.25) is 5.02 Å². The number of para-hydroxylation sites is 1. The zero-order chi connectivity index (χ0) is 14.5. The lowest BCUT2D eigenvalue weighted by atomic mass is 10.1. The summed E-state index contributed by atoms with van der Waals surface area (Å²) < 4.78 is 13.4. The Bertz CT molecular complexity index is 592. The average Bonchev–Trinajstić information content (AvgIpc) is 2.45. The number of phenols is 1. The molecule has 0 fully saturated rings. The molecule has 0 saturated heterocycles. The van der Waals surface area contributed by atoms with Crippen LogP contribution < -0.4 is 5.32 Å². The lowest BCUT2D eigenvalue weighted by molar-refractivity contribution is 0.243. The highest BCUT2D eigenvalue weighted by atomic mass is 35.5. The summed E-state index contributed by atoms with van der Waals surface area (Å²) in [4.78, 5) is 0. The van der Waals surface area contributed by atoms with Crippen molar-refractivity contribution in [2.45, 2.75) is 12.6 Å². The van der Waals surface area contributed by atoms with Crippen LogP contribution >= 0.6 is 11.6 Å². The molecule has 2 aromatic rings. The molecule has 1 atom stereocenters. The van der Waals surface area contributed by atoms with Gasteiger partial charge in [-0.25, -0.2) is 4.39 Å². The van der Waals surface area contributed by atoms with Crippen LogP contribution in [0.4, 0.5) is 4.39 Å². The lowest BCUT2D eigenvalue weighted by Gasteiger charge is -2.17. The van der Waals surface area contributed by atoms with Gasteiger partial charge in [0.15, 0.2) is 0 Å². The predicted octanol–water partition coefficient (Wildman–Crippen LogP) is 3.01. The van der Waals surface area contributed by atoms with Gasteiger partial charge in [0, 0.05) is 12.1 Å². The van der Waals surface area contributed by atoms with Gasteiger partial charge in [-0.05, 0) is 23.8 Å². The SMILES string of the molecule is OCC(NCc1ccccc1O)c1ccc(Cl)c(F)c1. The molecule has 0 aliphatic heterocycles. The van der Waals surface area contributed by atoms with Gasteiger partial charge in [-0.2, -0.15) is 0 Å². The number of benzene rings is 2. The first-order valence-corrected chi connectivity index (χ1v) is 6.55. The Hall–Kier alpha value is -1.62. The van der Waals surface area contributed by atoms with E-state index < -0.39 is 11.9 Å². The van der Waals surface area contributed by atoms with Gasteiger partial charge >= 0.3 is 0 Å². The molecule has 0 aliphatic rings. The lowest BCUT2D eigenvalue weighted by Crippen LogP contribution is -2.24. The van der Waals surface area contributed by atoms with Gasteiger partial charge in [0.05, 0.1) is 17.7 Å². The Labute approximate surface area is 121 Å². The van der Waals surface area contributed by atoms with Crippen molar-refractivity contribution < 1.29 is 14.6 Å². The molecule has 0 aliphatic carbocycles. The first-order valence-electron chi connectivity index (χ1n) is 6.18. The standard InChI is InChI=1S/C15H15ClFNO2/c16-12-6-5-10(7-13(12)17)14(9-19)18-8-11-3-1-2-4-15(11)20/h1-7,14,18-20H,8-9H2. The fourth-order valence-electron chi connectivity index (χ4n) is 1.91. The van der Waals surface area contributed by atoms with E-state index in [-0.39, 0.29) is 17.4 Å². The Morgan fingerprint density at radius 2 is 1.95 bits per heavy atom. The molecular formula is C15H15ClFNO2. The Balaban J connectivity index is 2.09. The molecule has 106 valence electrons. The van der Waals surface area contributed by atoms with Crippen LogP contribution in [0.5, 0.6) is 5.75 Å². The number of hydrogen-bond donors (Lipinski definition) is 3. The van der Waals surface area contributed by atoms with Crippen molar-refractivity contribution in [3.8, 4) is 5.75 Å². The third kappa shape index (κ3) is 3.48. The van der Waals surface area contributed by atoms with E-state index in [1.165, 1.54) is 12.1 Å². The highest BCUT2D eigenvalue weighted by molar-refractivity contribution is 6.30. The summed E-state index contributed by atoms with van der Waals surface area (Å²) >= 11 is 5.63. The normalized spacial score (nSPS) is 12.3. The molecule has 5 heteroatoms. The van der Waals surface area contributed by atoms with Crippen LogP contribution in [0, 0.1) is 5.82 Å². The maximum Gasteiger partial charge on any atom is 0.142 e. The zero-order valence-corrected chi connectivity index (χ0v) is 11.4. The van der Waals surface area contributed by atoms with E-state index in [0.29, 0.717) is 17.7 Å². The van der Waals surface area contributed by atoms with Crippen molar-refractivity contribution in [1.29, 1.82) is 0 Å². The monoisotopic (exact) mass is 295 g/mol. The van der Waals surface area contributed by atoms with Gasteiger partial charge in [0.2, 0.25) is 0 Å². The molecule has 3 N–H and O–H groups in total. The Kier molecular flexibility index (Phi) is 4.95. The second kappa shape index (κ2) is 6.70. The number of halogens is 2. The molecule has 0 amide bonds. The quantitative estimate of drug-likeness (QED) is 0.795. The molecule has 0 radical (unpaired) electrons. The van der Waals surface area contributed by atoms with E-state index in [4.69, 9.17) is 11.6 Å². The molecule has 2 rings (SSSR count). The molecule has 0 heterocycles. The number of aliphatic hydroxyl groups is 1. The number of phenolic OH excluding ortho intramolecular Hbond substituents is 1. The van der Waals surface area contributed by atoms with Crippen molar-refractivity contribution in [3.05, 3.63) is 64.4 Å². The molecule has 0 spiro atoms. The van der Waals surface area contributed by atoms with Crippen LogP contribution in [0.3, 0.4) is 0 Å². The fraction of sp³-hybridized carbons (Fsp3) is 0.200. The van der Waals surface area contributed by atoms with Crippen molar-refractivity contribution in [1.82, 2.24) is 5.32 Å². The first kappa shape index (κ1) is 14.8. The minimum atomic E-state index is -0.521. The third-order valence-corrected chi connectivity index (χ3v) is 3.37.